The van der Waals surface area contributed by atoms with Gasteiger partial charge in [0.15, 0.2) is 11.4 Å². The summed E-state index contributed by atoms with van der Waals surface area (Å²) in [7, 11) is 1.38. The van der Waals surface area contributed by atoms with Gasteiger partial charge in [0, 0.05) is 13.2 Å². The molecule has 3 N–H and O–H groups in total. The maximum Gasteiger partial charge on any atom is 0.358 e. The molecule has 8 heteroatoms. The molecule has 8 nitrogen and oxygen atoms in total. The fourth-order valence-corrected chi connectivity index (χ4v) is 1.17. The van der Waals surface area contributed by atoms with Crippen LogP contribution in [-0.2, 0) is 4.79 Å². The van der Waals surface area contributed by atoms with Crippen molar-refractivity contribution < 1.29 is 24.2 Å². The van der Waals surface area contributed by atoms with Gasteiger partial charge in [-0.3, -0.25) is 10.1 Å². The van der Waals surface area contributed by atoms with Crippen LogP contribution in [0, 0.1) is 0 Å². The molecule has 0 aromatic carbocycles. The average molecular weight is 267 g/mol. The first kappa shape index (κ1) is 14.4. The van der Waals surface area contributed by atoms with E-state index in [1.165, 1.54) is 25.4 Å². The van der Waals surface area contributed by atoms with Crippen LogP contribution < -0.4 is 15.4 Å². The summed E-state index contributed by atoms with van der Waals surface area (Å²) in [6, 6.07) is 2.34. The number of nitrogens with one attached hydrogen (secondary N) is 2. The molecule has 1 aromatic heterocycles. The third kappa shape index (κ3) is 4.62. The fourth-order valence-electron chi connectivity index (χ4n) is 1.17. The number of aromatic carboxylic acids is 1. The topological polar surface area (TPSA) is 118 Å². The van der Waals surface area contributed by atoms with Crippen molar-refractivity contribution in [1.82, 2.24) is 15.6 Å². The van der Waals surface area contributed by atoms with Gasteiger partial charge in [-0.1, -0.05) is 0 Å². The molecule has 0 radical (unpaired) electrons. The number of ether oxygens (including phenoxy) is 1. The first-order valence-corrected chi connectivity index (χ1v) is 5.37. The monoisotopic (exact) mass is 267 g/mol. The van der Waals surface area contributed by atoms with Crippen LogP contribution in [0.5, 0.6) is 5.75 Å². The van der Waals surface area contributed by atoms with Crippen LogP contribution >= 0.6 is 0 Å². The summed E-state index contributed by atoms with van der Waals surface area (Å²) in [5, 5.41) is 13.1. The molecule has 0 spiro atoms. The Hall–Kier alpha value is -2.64. The third-order valence-electron chi connectivity index (χ3n) is 2.04. The summed E-state index contributed by atoms with van der Waals surface area (Å²) < 4.78 is 5.15. The Labute approximate surface area is 108 Å². The lowest BCUT2D eigenvalue weighted by atomic mass is 10.3. The SMILES string of the molecule is CNC(=O)NC(=O)CCOc1cccnc1C(=O)O. The van der Waals surface area contributed by atoms with E-state index in [-0.39, 0.29) is 24.5 Å². The Balaban J connectivity index is 2.47. The highest BCUT2D eigenvalue weighted by atomic mass is 16.5. The maximum atomic E-state index is 11.2. The highest BCUT2D eigenvalue weighted by Gasteiger charge is 2.13. The Bertz CT molecular complexity index is 489. The molecule has 0 aliphatic rings. The molecule has 0 aliphatic heterocycles. The van der Waals surface area contributed by atoms with Crippen molar-refractivity contribution in [3.63, 3.8) is 0 Å². The number of carbonyl (C=O) groups excluding carboxylic acids is 2. The summed E-state index contributed by atoms with van der Waals surface area (Å²) in [5.74, 6) is -1.67. The van der Waals surface area contributed by atoms with Gasteiger partial charge < -0.3 is 15.2 Å². The molecule has 1 heterocycles. The fraction of sp³-hybridized carbons (Fsp3) is 0.273. The molecule has 1 aromatic rings. The average Bonchev–Trinajstić information content (AvgIpc) is 2.38. The Morgan fingerprint density at radius 3 is 2.79 bits per heavy atom. The Morgan fingerprint density at radius 1 is 1.42 bits per heavy atom. The van der Waals surface area contributed by atoms with Gasteiger partial charge in [0.25, 0.3) is 0 Å². The van der Waals surface area contributed by atoms with Crippen molar-refractivity contribution in [1.29, 1.82) is 0 Å². The van der Waals surface area contributed by atoms with Gasteiger partial charge >= 0.3 is 12.0 Å². The number of nitrogens with zero attached hydrogens (tertiary/aromatic N) is 1. The van der Waals surface area contributed by atoms with Gasteiger partial charge in [0.1, 0.15) is 0 Å². The number of amides is 3. The number of urea groups is 1. The second kappa shape index (κ2) is 6.94. The third-order valence-corrected chi connectivity index (χ3v) is 2.04. The molecule has 19 heavy (non-hydrogen) atoms. The normalized spacial score (nSPS) is 9.53. The van der Waals surface area contributed by atoms with E-state index in [0.29, 0.717) is 0 Å². The predicted molar refractivity (Wildman–Crippen MR) is 63.9 cm³/mol. The zero-order chi connectivity index (χ0) is 14.3. The van der Waals surface area contributed by atoms with Crippen molar-refractivity contribution in [2.75, 3.05) is 13.7 Å². The standard InChI is InChI=1S/C11H13N3O5/c1-12-11(18)14-8(15)4-6-19-7-3-2-5-13-9(7)10(16)17/h2-3,5H,4,6H2,1H3,(H,16,17)(H2,12,14,15,18). The van der Waals surface area contributed by atoms with Crippen LogP contribution in [0.2, 0.25) is 0 Å². The van der Waals surface area contributed by atoms with Crippen molar-refractivity contribution in [3.05, 3.63) is 24.0 Å². The number of pyridine rings is 1. The van der Waals surface area contributed by atoms with Gasteiger partial charge in [-0.05, 0) is 12.1 Å². The summed E-state index contributed by atoms with van der Waals surface area (Å²) >= 11 is 0. The number of hydrogen-bond donors (Lipinski definition) is 3. The molecule has 1 rings (SSSR count). The number of aromatic nitrogens is 1. The quantitative estimate of drug-likeness (QED) is 0.691. The molecule has 3 amide bonds. The van der Waals surface area contributed by atoms with Crippen LogP contribution in [0.1, 0.15) is 16.9 Å². The maximum absolute atomic E-state index is 11.2. The minimum atomic E-state index is -1.22. The van der Waals surface area contributed by atoms with Gasteiger partial charge in [-0.2, -0.15) is 0 Å². The van der Waals surface area contributed by atoms with Crippen molar-refractivity contribution in [2.24, 2.45) is 0 Å². The molecule has 0 aliphatic carbocycles. The first-order chi connectivity index (χ1) is 9.04. The largest absolute Gasteiger partial charge is 0.490 e. The predicted octanol–water partition coefficient (Wildman–Crippen LogP) is 0.00430. The van der Waals surface area contributed by atoms with E-state index in [1.54, 1.807) is 0 Å². The number of rotatable bonds is 5. The molecule has 0 bridgehead atoms. The van der Waals surface area contributed by atoms with E-state index in [2.05, 4.69) is 15.6 Å². The molecule has 0 unspecified atom stereocenters. The minimum absolute atomic E-state index is 0.0607. The molecule has 0 saturated carbocycles. The molecular weight excluding hydrogens is 254 g/mol. The van der Waals surface area contributed by atoms with Crippen LogP contribution in [-0.4, -0.2) is 41.7 Å². The number of carbonyl (C=O) groups is 3. The van der Waals surface area contributed by atoms with Gasteiger partial charge in [-0.25, -0.2) is 14.6 Å². The van der Waals surface area contributed by atoms with E-state index in [9.17, 15) is 14.4 Å². The van der Waals surface area contributed by atoms with Crippen molar-refractivity contribution in [3.8, 4) is 5.75 Å². The van der Waals surface area contributed by atoms with Crippen LogP contribution in [0.3, 0.4) is 0 Å². The summed E-state index contributed by atoms with van der Waals surface area (Å²) in [4.78, 5) is 36.5. The van der Waals surface area contributed by atoms with Crippen molar-refractivity contribution >= 4 is 17.9 Å². The van der Waals surface area contributed by atoms with Crippen molar-refractivity contribution in [2.45, 2.75) is 6.42 Å². The minimum Gasteiger partial charge on any atom is -0.490 e. The number of carboxylic acid groups (broad SMARTS) is 1. The molecule has 102 valence electrons. The van der Waals surface area contributed by atoms with E-state index in [0.717, 1.165) is 0 Å². The molecule has 0 saturated heterocycles. The lowest BCUT2D eigenvalue weighted by molar-refractivity contribution is -0.120. The smallest absolute Gasteiger partial charge is 0.358 e. The zero-order valence-corrected chi connectivity index (χ0v) is 10.2. The zero-order valence-electron chi connectivity index (χ0n) is 10.2. The highest BCUT2D eigenvalue weighted by molar-refractivity contribution is 5.94. The molecular formula is C11H13N3O5. The second-order valence-electron chi connectivity index (χ2n) is 3.38. The number of imide groups is 1. The summed E-state index contributed by atoms with van der Waals surface area (Å²) in [6.07, 6.45) is 1.25. The lowest BCUT2D eigenvalue weighted by Crippen LogP contribution is -2.37. The van der Waals surface area contributed by atoms with Crippen LogP contribution in [0.25, 0.3) is 0 Å². The van der Waals surface area contributed by atoms with Gasteiger partial charge in [0.05, 0.1) is 13.0 Å². The highest BCUT2D eigenvalue weighted by Crippen LogP contribution is 2.15. The van der Waals surface area contributed by atoms with Gasteiger partial charge in [-0.15, -0.1) is 0 Å². The number of hydrogen-bond acceptors (Lipinski definition) is 5. The summed E-state index contributed by atoms with van der Waals surface area (Å²) in [5.41, 5.74) is -0.228. The first-order valence-electron chi connectivity index (χ1n) is 5.37. The second-order valence-corrected chi connectivity index (χ2v) is 3.38. The van der Waals surface area contributed by atoms with E-state index in [4.69, 9.17) is 9.84 Å². The van der Waals surface area contributed by atoms with E-state index < -0.39 is 17.9 Å². The van der Waals surface area contributed by atoms with Gasteiger partial charge in [0.2, 0.25) is 5.91 Å². The van der Waals surface area contributed by atoms with E-state index in [1.807, 2.05) is 0 Å². The molecule has 0 fully saturated rings. The van der Waals surface area contributed by atoms with Crippen LogP contribution in [0.15, 0.2) is 18.3 Å². The Kier molecular flexibility index (Phi) is 5.27. The number of carboxylic acids is 1. The van der Waals surface area contributed by atoms with Crippen LogP contribution in [0.4, 0.5) is 4.79 Å². The Morgan fingerprint density at radius 2 is 2.16 bits per heavy atom. The lowest BCUT2D eigenvalue weighted by Gasteiger charge is -2.08. The van der Waals surface area contributed by atoms with E-state index >= 15 is 0 Å². The molecule has 0 atom stereocenters. The summed E-state index contributed by atoms with van der Waals surface area (Å²) in [6.45, 7) is -0.0607.